The van der Waals surface area contributed by atoms with Crippen molar-refractivity contribution >= 4 is 33.2 Å². The highest BCUT2D eigenvalue weighted by molar-refractivity contribution is 7.89. The van der Waals surface area contributed by atoms with Crippen molar-refractivity contribution in [2.45, 2.75) is 43.0 Å². The van der Waals surface area contributed by atoms with E-state index in [2.05, 4.69) is 26.7 Å². The van der Waals surface area contributed by atoms with Gasteiger partial charge in [-0.25, -0.2) is 13.1 Å². The van der Waals surface area contributed by atoms with Gasteiger partial charge in [-0.05, 0) is 79.0 Å². The number of pyridine rings is 1. The van der Waals surface area contributed by atoms with Crippen LogP contribution < -0.4 is 9.62 Å². The standard InChI is InChI=1S/C29H31ClN4O3S/c30-25-6-1-2-7-27(25)38(36,37)32-26-9-8-22-23(26)4-3-5-24(22)28(35)34-19-14-29(20-34)12-17-33(18-13-29)21-10-15-31-16-11-21/h1-7,10-11,15-16,26,32H,8-9,12-14,17-20H2/t26-/m1/s1. The summed E-state index contributed by atoms with van der Waals surface area (Å²) in [6.07, 6.45) is 8.10. The summed E-state index contributed by atoms with van der Waals surface area (Å²) in [5.41, 5.74) is 3.92. The third kappa shape index (κ3) is 4.70. The summed E-state index contributed by atoms with van der Waals surface area (Å²) in [7, 11) is -3.79. The Morgan fingerprint density at radius 2 is 1.71 bits per heavy atom. The summed E-state index contributed by atoms with van der Waals surface area (Å²) < 4.78 is 28.9. The summed E-state index contributed by atoms with van der Waals surface area (Å²) >= 11 is 6.16. The molecule has 2 saturated heterocycles. The number of hydrogen-bond donors (Lipinski definition) is 1. The van der Waals surface area contributed by atoms with Gasteiger partial charge in [-0.2, -0.15) is 0 Å². The monoisotopic (exact) mass is 550 g/mol. The van der Waals surface area contributed by atoms with Crippen LogP contribution >= 0.6 is 11.6 Å². The minimum absolute atomic E-state index is 0.0601. The van der Waals surface area contributed by atoms with Crippen LogP contribution in [0.1, 0.15) is 53.2 Å². The van der Waals surface area contributed by atoms with Crippen LogP contribution in [0, 0.1) is 5.41 Å². The van der Waals surface area contributed by atoms with Crippen molar-refractivity contribution in [3.05, 3.63) is 88.7 Å². The molecule has 1 atom stereocenters. The van der Waals surface area contributed by atoms with Gasteiger partial charge in [0.15, 0.2) is 0 Å². The number of hydrogen-bond acceptors (Lipinski definition) is 5. The number of carbonyl (C=O) groups is 1. The van der Waals surface area contributed by atoms with Gasteiger partial charge < -0.3 is 9.80 Å². The topological polar surface area (TPSA) is 82.6 Å². The first-order valence-corrected chi connectivity index (χ1v) is 15.0. The van der Waals surface area contributed by atoms with Crippen LogP contribution in [-0.4, -0.2) is 50.4 Å². The molecule has 0 unspecified atom stereocenters. The van der Waals surface area contributed by atoms with Crippen molar-refractivity contribution < 1.29 is 13.2 Å². The van der Waals surface area contributed by atoms with E-state index in [4.69, 9.17) is 11.6 Å². The highest BCUT2D eigenvalue weighted by atomic mass is 35.5. The molecule has 3 aliphatic rings. The lowest BCUT2D eigenvalue weighted by Gasteiger charge is -2.40. The van der Waals surface area contributed by atoms with E-state index in [-0.39, 0.29) is 27.3 Å². The molecule has 3 aromatic rings. The molecular weight excluding hydrogens is 520 g/mol. The lowest BCUT2D eigenvalue weighted by atomic mass is 9.77. The molecule has 0 saturated carbocycles. The highest BCUT2D eigenvalue weighted by Gasteiger charge is 2.43. The molecule has 2 aliphatic heterocycles. The molecule has 198 valence electrons. The summed E-state index contributed by atoms with van der Waals surface area (Å²) in [4.78, 5) is 22.3. The van der Waals surface area contributed by atoms with Gasteiger partial charge in [0.2, 0.25) is 10.0 Å². The van der Waals surface area contributed by atoms with Gasteiger partial charge in [-0.15, -0.1) is 0 Å². The van der Waals surface area contributed by atoms with Gasteiger partial charge in [0, 0.05) is 55.9 Å². The van der Waals surface area contributed by atoms with Crippen LogP contribution in [0.4, 0.5) is 5.69 Å². The zero-order chi connectivity index (χ0) is 26.3. The lowest BCUT2D eigenvalue weighted by molar-refractivity contribution is 0.0763. The number of nitrogens with one attached hydrogen (secondary N) is 1. The second kappa shape index (κ2) is 9.98. The Morgan fingerprint density at radius 3 is 2.47 bits per heavy atom. The maximum Gasteiger partial charge on any atom is 0.254 e. The second-order valence-corrected chi connectivity index (χ2v) is 12.8. The van der Waals surface area contributed by atoms with E-state index in [1.54, 1.807) is 18.2 Å². The van der Waals surface area contributed by atoms with E-state index < -0.39 is 10.0 Å². The van der Waals surface area contributed by atoms with Crippen molar-refractivity contribution in [2.75, 3.05) is 31.1 Å². The number of anilines is 1. The number of nitrogens with zero attached hydrogens (tertiary/aromatic N) is 3. The molecule has 3 heterocycles. The average Bonchev–Trinajstić information content (AvgIpc) is 3.53. The Labute approximate surface area is 228 Å². The van der Waals surface area contributed by atoms with E-state index in [1.807, 2.05) is 35.5 Å². The number of benzene rings is 2. The Morgan fingerprint density at radius 1 is 0.974 bits per heavy atom. The first-order chi connectivity index (χ1) is 18.4. The minimum Gasteiger partial charge on any atom is -0.371 e. The number of halogens is 1. The first-order valence-electron chi connectivity index (χ1n) is 13.2. The Bertz CT molecular complexity index is 1460. The molecule has 2 fully saturated rings. The van der Waals surface area contributed by atoms with Gasteiger partial charge in [-0.3, -0.25) is 9.78 Å². The fraction of sp³-hybridized carbons (Fsp3) is 0.379. The number of fused-ring (bicyclic) bond motifs is 1. The molecule has 9 heteroatoms. The molecule has 1 spiro atoms. The maximum absolute atomic E-state index is 13.7. The van der Waals surface area contributed by atoms with Gasteiger partial charge >= 0.3 is 0 Å². The van der Waals surface area contributed by atoms with Crippen molar-refractivity contribution in [3.8, 4) is 0 Å². The highest BCUT2D eigenvalue weighted by Crippen LogP contribution is 2.42. The number of piperidine rings is 1. The number of sulfonamides is 1. The van der Waals surface area contributed by atoms with Gasteiger partial charge in [0.1, 0.15) is 4.90 Å². The summed E-state index contributed by atoms with van der Waals surface area (Å²) in [6, 6.07) is 15.9. The van der Waals surface area contributed by atoms with Crippen LogP contribution in [0.2, 0.25) is 5.02 Å². The van der Waals surface area contributed by atoms with E-state index in [9.17, 15) is 13.2 Å². The molecule has 38 heavy (non-hydrogen) atoms. The van der Waals surface area contributed by atoms with Gasteiger partial charge in [-0.1, -0.05) is 35.9 Å². The molecule has 1 N–H and O–H groups in total. The van der Waals surface area contributed by atoms with Crippen molar-refractivity contribution in [3.63, 3.8) is 0 Å². The van der Waals surface area contributed by atoms with E-state index >= 15 is 0 Å². The van der Waals surface area contributed by atoms with Crippen LogP contribution in [0.5, 0.6) is 0 Å². The molecule has 1 aromatic heterocycles. The normalized spacial score (nSPS) is 20.6. The van der Waals surface area contributed by atoms with Gasteiger partial charge in [0.25, 0.3) is 5.91 Å². The zero-order valence-corrected chi connectivity index (χ0v) is 22.7. The smallest absolute Gasteiger partial charge is 0.254 e. The average molecular weight is 551 g/mol. The number of aromatic nitrogens is 1. The van der Waals surface area contributed by atoms with Crippen LogP contribution in [0.15, 0.2) is 71.9 Å². The number of likely N-dealkylation sites (tertiary alicyclic amines) is 1. The molecule has 6 rings (SSSR count). The number of carbonyl (C=O) groups excluding carboxylic acids is 1. The van der Waals surface area contributed by atoms with Crippen LogP contribution in [0.25, 0.3) is 0 Å². The molecule has 1 aliphatic carbocycles. The SMILES string of the molecule is O=C(c1cccc2c1CC[C@H]2NS(=O)(=O)c1ccccc1Cl)N1CCC2(CCN(c3ccncc3)CC2)C1. The summed E-state index contributed by atoms with van der Waals surface area (Å²) in [5.74, 6) is 0.0601. The Hall–Kier alpha value is -2.94. The second-order valence-electron chi connectivity index (χ2n) is 10.7. The van der Waals surface area contributed by atoms with Crippen molar-refractivity contribution in [2.24, 2.45) is 5.41 Å². The molecule has 2 aromatic carbocycles. The maximum atomic E-state index is 13.7. The van der Waals surface area contributed by atoms with Gasteiger partial charge in [0.05, 0.1) is 5.02 Å². The molecule has 0 radical (unpaired) electrons. The quantitative estimate of drug-likeness (QED) is 0.492. The zero-order valence-electron chi connectivity index (χ0n) is 21.1. The number of rotatable bonds is 5. The third-order valence-electron chi connectivity index (χ3n) is 8.50. The summed E-state index contributed by atoms with van der Waals surface area (Å²) in [5, 5.41) is 0.191. The van der Waals surface area contributed by atoms with Crippen LogP contribution in [-0.2, 0) is 16.4 Å². The van der Waals surface area contributed by atoms with Crippen molar-refractivity contribution in [1.29, 1.82) is 0 Å². The fourth-order valence-corrected chi connectivity index (χ4v) is 8.14. The molecule has 0 bridgehead atoms. The largest absolute Gasteiger partial charge is 0.371 e. The third-order valence-corrected chi connectivity index (χ3v) is 10.5. The predicted octanol–water partition coefficient (Wildman–Crippen LogP) is 4.83. The summed E-state index contributed by atoms with van der Waals surface area (Å²) in [6.45, 7) is 3.52. The lowest BCUT2D eigenvalue weighted by Crippen LogP contribution is -2.42. The van der Waals surface area contributed by atoms with Crippen LogP contribution in [0.3, 0.4) is 0 Å². The molecular formula is C29H31ClN4O3S. The van der Waals surface area contributed by atoms with E-state index in [1.165, 1.54) is 11.8 Å². The Balaban J connectivity index is 1.15. The van der Waals surface area contributed by atoms with E-state index in [0.29, 0.717) is 18.4 Å². The van der Waals surface area contributed by atoms with Crippen molar-refractivity contribution in [1.82, 2.24) is 14.6 Å². The number of amides is 1. The fourth-order valence-electron chi connectivity index (χ4n) is 6.37. The minimum atomic E-state index is -3.79. The predicted molar refractivity (Wildman–Crippen MR) is 148 cm³/mol. The molecule has 1 amide bonds. The first kappa shape index (κ1) is 25.3. The Kier molecular flexibility index (Phi) is 6.66. The van der Waals surface area contributed by atoms with E-state index in [0.717, 1.165) is 56.6 Å². The molecule has 7 nitrogen and oxygen atoms in total.